The molecule has 0 radical (unpaired) electrons. The molecule has 5 heteroatoms. The van der Waals surface area contributed by atoms with Crippen molar-refractivity contribution in [3.05, 3.63) is 11.8 Å². The summed E-state index contributed by atoms with van der Waals surface area (Å²) in [6.45, 7) is 7.93. The average molecular weight is 241 g/mol. The lowest BCUT2D eigenvalue weighted by Gasteiger charge is -2.08. The van der Waals surface area contributed by atoms with Gasteiger partial charge in [-0.15, -0.1) is 10.2 Å². The minimum atomic E-state index is 0.119. The van der Waals surface area contributed by atoms with Crippen LogP contribution >= 0.6 is 0 Å². The van der Waals surface area contributed by atoms with E-state index >= 15 is 0 Å². The molecule has 1 heterocycles. The van der Waals surface area contributed by atoms with Gasteiger partial charge >= 0.3 is 0 Å². The second-order valence-electron chi connectivity index (χ2n) is 4.47. The summed E-state index contributed by atoms with van der Waals surface area (Å²) in [4.78, 5) is 0. The van der Waals surface area contributed by atoms with Gasteiger partial charge < -0.3 is 14.5 Å². The topological polar surface area (TPSA) is 60.2 Å². The molecular formula is C12H23N3O2. The smallest absolute Gasteiger partial charge is 0.233 e. The molecule has 1 N–H and O–H groups in total. The molecule has 2 atom stereocenters. The fraction of sp³-hybridized carbons (Fsp3) is 0.833. The first-order valence-electron chi connectivity index (χ1n) is 6.22. The number of nitrogens with zero attached hydrogens (tertiary/aromatic N) is 2. The van der Waals surface area contributed by atoms with Crippen molar-refractivity contribution in [2.75, 3.05) is 20.3 Å². The van der Waals surface area contributed by atoms with Gasteiger partial charge in [-0.25, -0.2) is 0 Å². The zero-order valence-electron chi connectivity index (χ0n) is 11.2. The summed E-state index contributed by atoms with van der Waals surface area (Å²) in [6.07, 6.45) is 1.86. The Balaban J connectivity index is 2.46. The largest absolute Gasteiger partial charge is 0.424 e. The highest BCUT2D eigenvalue weighted by molar-refractivity contribution is 4.89. The zero-order chi connectivity index (χ0) is 12.7. The molecule has 0 bridgehead atoms. The zero-order valence-corrected chi connectivity index (χ0v) is 11.2. The molecule has 2 unspecified atom stereocenters. The molecule has 0 saturated carbocycles. The molecule has 0 amide bonds. The van der Waals surface area contributed by atoms with Gasteiger partial charge in [0.2, 0.25) is 11.8 Å². The van der Waals surface area contributed by atoms with Gasteiger partial charge in [-0.05, 0) is 25.8 Å². The summed E-state index contributed by atoms with van der Waals surface area (Å²) < 4.78 is 10.7. The number of nitrogens with one attached hydrogen (secondary N) is 1. The SMILES string of the molecule is CCCNC(C)c1nnc(CC(C)COC)o1. The Morgan fingerprint density at radius 1 is 1.35 bits per heavy atom. The molecule has 17 heavy (non-hydrogen) atoms. The molecule has 98 valence electrons. The van der Waals surface area contributed by atoms with E-state index in [9.17, 15) is 0 Å². The van der Waals surface area contributed by atoms with E-state index in [2.05, 4.69) is 29.4 Å². The van der Waals surface area contributed by atoms with Gasteiger partial charge in [0.1, 0.15) is 0 Å². The molecule has 1 aromatic rings. The van der Waals surface area contributed by atoms with Crippen LogP contribution in [0, 0.1) is 5.92 Å². The van der Waals surface area contributed by atoms with Gasteiger partial charge in [0.25, 0.3) is 0 Å². The first-order chi connectivity index (χ1) is 8.17. The minimum absolute atomic E-state index is 0.119. The molecule has 0 aliphatic heterocycles. The first kappa shape index (κ1) is 14.1. The summed E-state index contributed by atoms with van der Waals surface area (Å²) in [5.41, 5.74) is 0. The number of hydrogen-bond donors (Lipinski definition) is 1. The van der Waals surface area contributed by atoms with Crippen molar-refractivity contribution in [2.45, 2.75) is 39.7 Å². The van der Waals surface area contributed by atoms with Crippen molar-refractivity contribution >= 4 is 0 Å². The van der Waals surface area contributed by atoms with Gasteiger partial charge in [0.05, 0.1) is 6.04 Å². The Hall–Kier alpha value is -0.940. The molecule has 0 aliphatic carbocycles. The van der Waals surface area contributed by atoms with Crippen LogP contribution in [0.15, 0.2) is 4.42 Å². The van der Waals surface area contributed by atoms with Crippen molar-refractivity contribution in [3.8, 4) is 0 Å². The number of aromatic nitrogens is 2. The van der Waals surface area contributed by atoms with Crippen LogP contribution in [-0.4, -0.2) is 30.5 Å². The van der Waals surface area contributed by atoms with Crippen molar-refractivity contribution in [2.24, 2.45) is 5.92 Å². The Kier molecular flexibility index (Phi) is 6.15. The van der Waals surface area contributed by atoms with E-state index in [0.717, 1.165) is 19.4 Å². The van der Waals surface area contributed by atoms with Crippen molar-refractivity contribution < 1.29 is 9.15 Å². The van der Waals surface area contributed by atoms with Crippen molar-refractivity contribution in [1.82, 2.24) is 15.5 Å². The van der Waals surface area contributed by atoms with Crippen molar-refractivity contribution in [3.63, 3.8) is 0 Å². The number of ether oxygens (including phenoxy) is 1. The van der Waals surface area contributed by atoms with Gasteiger partial charge in [-0.2, -0.15) is 0 Å². The second-order valence-corrected chi connectivity index (χ2v) is 4.47. The van der Waals surface area contributed by atoms with E-state index in [-0.39, 0.29) is 6.04 Å². The molecule has 1 rings (SSSR count). The third-order valence-electron chi connectivity index (χ3n) is 2.53. The number of methoxy groups -OCH3 is 1. The van der Waals surface area contributed by atoms with Crippen LogP contribution < -0.4 is 5.32 Å². The molecule has 0 saturated heterocycles. The number of rotatable bonds is 8. The molecule has 5 nitrogen and oxygen atoms in total. The maximum Gasteiger partial charge on any atom is 0.233 e. The van der Waals surface area contributed by atoms with Crippen LogP contribution in [0.2, 0.25) is 0 Å². The quantitative estimate of drug-likeness (QED) is 0.754. The van der Waals surface area contributed by atoms with E-state index in [0.29, 0.717) is 24.3 Å². The molecule has 0 aliphatic rings. The molecular weight excluding hydrogens is 218 g/mol. The lowest BCUT2D eigenvalue weighted by molar-refractivity contribution is 0.155. The Labute approximate surface area is 103 Å². The molecule has 0 fully saturated rings. The van der Waals surface area contributed by atoms with Gasteiger partial charge in [-0.1, -0.05) is 13.8 Å². The fourth-order valence-electron chi connectivity index (χ4n) is 1.61. The van der Waals surface area contributed by atoms with Crippen LogP contribution in [0.25, 0.3) is 0 Å². The standard InChI is InChI=1S/C12H23N3O2/c1-5-6-13-10(3)12-15-14-11(17-12)7-9(2)8-16-4/h9-10,13H,5-8H2,1-4H3. The van der Waals surface area contributed by atoms with Crippen molar-refractivity contribution in [1.29, 1.82) is 0 Å². The summed E-state index contributed by atoms with van der Waals surface area (Å²) in [6, 6.07) is 0.119. The monoisotopic (exact) mass is 241 g/mol. The highest BCUT2D eigenvalue weighted by Gasteiger charge is 2.14. The summed E-state index contributed by atoms with van der Waals surface area (Å²) in [5, 5.41) is 11.4. The Bertz CT molecular complexity index is 314. The summed E-state index contributed by atoms with van der Waals surface area (Å²) >= 11 is 0. The summed E-state index contributed by atoms with van der Waals surface area (Å²) in [5.74, 6) is 1.75. The van der Waals surface area contributed by atoms with Crippen LogP contribution in [-0.2, 0) is 11.2 Å². The Morgan fingerprint density at radius 2 is 2.12 bits per heavy atom. The minimum Gasteiger partial charge on any atom is -0.424 e. The summed E-state index contributed by atoms with van der Waals surface area (Å²) in [7, 11) is 1.70. The predicted octanol–water partition coefficient (Wildman–Crippen LogP) is 1.96. The van der Waals surface area contributed by atoms with E-state index in [1.54, 1.807) is 7.11 Å². The average Bonchev–Trinajstić information content (AvgIpc) is 2.74. The third-order valence-corrected chi connectivity index (χ3v) is 2.53. The lowest BCUT2D eigenvalue weighted by atomic mass is 10.1. The maximum atomic E-state index is 5.62. The maximum absolute atomic E-state index is 5.62. The van der Waals surface area contributed by atoms with Gasteiger partial charge in [0, 0.05) is 20.1 Å². The van der Waals surface area contributed by atoms with Crippen LogP contribution in [0.4, 0.5) is 0 Å². The van der Waals surface area contributed by atoms with Crippen LogP contribution in [0.1, 0.15) is 45.0 Å². The highest BCUT2D eigenvalue weighted by atomic mass is 16.5. The second kappa shape index (κ2) is 7.40. The number of hydrogen-bond acceptors (Lipinski definition) is 5. The van der Waals surface area contributed by atoms with E-state index < -0.39 is 0 Å². The molecule has 0 aromatic carbocycles. The van der Waals surface area contributed by atoms with Gasteiger partial charge in [-0.3, -0.25) is 0 Å². The third kappa shape index (κ3) is 4.83. The normalized spacial score (nSPS) is 14.8. The van der Waals surface area contributed by atoms with E-state index in [4.69, 9.17) is 9.15 Å². The Morgan fingerprint density at radius 3 is 2.76 bits per heavy atom. The lowest BCUT2D eigenvalue weighted by Crippen LogP contribution is -2.19. The van der Waals surface area contributed by atoms with Crippen LogP contribution in [0.3, 0.4) is 0 Å². The fourth-order valence-corrected chi connectivity index (χ4v) is 1.61. The highest BCUT2D eigenvalue weighted by Crippen LogP contribution is 2.13. The van der Waals surface area contributed by atoms with Crippen LogP contribution in [0.5, 0.6) is 0 Å². The molecule has 0 spiro atoms. The molecule has 1 aromatic heterocycles. The van der Waals surface area contributed by atoms with E-state index in [1.165, 1.54) is 0 Å². The predicted molar refractivity (Wildman–Crippen MR) is 65.8 cm³/mol. The van der Waals surface area contributed by atoms with Gasteiger partial charge in [0.15, 0.2) is 0 Å². The van der Waals surface area contributed by atoms with E-state index in [1.807, 2.05) is 6.92 Å². The first-order valence-corrected chi connectivity index (χ1v) is 6.22.